The van der Waals surface area contributed by atoms with Crippen LogP contribution >= 0.6 is 0 Å². The Bertz CT molecular complexity index is 855. The summed E-state index contributed by atoms with van der Waals surface area (Å²) >= 11 is 0. The molecule has 0 saturated carbocycles. The Kier molecular flexibility index (Phi) is 7.84. The maximum absolute atomic E-state index is 12.0. The van der Waals surface area contributed by atoms with Gasteiger partial charge in [0.25, 0.3) is 11.8 Å². The highest BCUT2D eigenvalue weighted by Crippen LogP contribution is 2.37. The lowest BCUT2D eigenvalue weighted by Gasteiger charge is -2.12. The summed E-state index contributed by atoms with van der Waals surface area (Å²) in [6.45, 7) is -0.225. The van der Waals surface area contributed by atoms with Crippen LogP contribution < -0.4 is 29.7 Å². The molecule has 9 heteroatoms. The molecule has 0 aliphatic heterocycles. The van der Waals surface area contributed by atoms with Crippen molar-refractivity contribution in [3.8, 4) is 23.0 Å². The Morgan fingerprint density at radius 2 is 1.55 bits per heavy atom. The number of carbonyl (C=O) groups excluding carboxylic acids is 2. The second-order valence-corrected chi connectivity index (χ2v) is 5.66. The molecule has 2 rings (SSSR count). The third kappa shape index (κ3) is 5.86. The Labute approximate surface area is 168 Å². The van der Waals surface area contributed by atoms with Gasteiger partial charge < -0.3 is 24.3 Å². The molecule has 0 atom stereocenters. The lowest BCUT2D eigenvalue weighted by molar-refractivity contribution is -0.120. The second-order valence-electron chi connectivity index (χ2n) is 5.66. The zero-order chi connectivity index (χ0) is 21.2. The predicted molar refractivity (Wildman–Crippen MR) is 107 cm³/mol. The van der Waals surface area contributed by atoms with Crippen LogP contribution in [0.25, 0.3) is 0 Å². The van der Waals surface area contributed by atoms with E-state index in [4.69, 9.17) is 18.9 Å². The maximum Gasteiger partial charge on any atom is 0.259 e. The summed E-state index contributed by atoms with van der Waals surface area (Å²) in [5, 5.41) is 6.39. The molecule has 0 aliphatic rings. The molecule has 0 saturated heterocycles. The van der Waals surface area contributed by atoms with Gasteiger partial charge in [0.1, 0.15) is 5.75 Å². The van der Waals surface area contributed by atoms with Crippen LogP contribution in [0.1, 0.15) is 15.9 Å². The average Bonchev–Trinajstić information content (AvgIpc) is 2.76. The summed E-state index contributed by atoms with van der Waals surface area (Å²) in [5.41, 5.74) is 3.39. The monoisotopic (exact) mass is 401 g/mol. The average molecular weight is 401 g/mol. The molecule has 154 valence electrons. The smallest absolute Gasteiger partial charge is 0.259 e. The molecule has 0 aromatic heterocycles. The minimum Gasteiger partial charge on any atom is -0.497 e. The van der Waals surface area contributed by atoms with Gasteiger partial charge in [-0.2, -0.15) is 5.10 Å². The van der Waals surface area contributed by atoms with Gasteiger partial charge >= 0.3 is 0 Å². The molecule has 29 heavy (non-hydrogen) atoms. The number of methoxy groups -OCH3 is 4. The molecule has 2 aromatic carbocycles. The van der Waals surface area contributed by atoms with Crippen molar-refractivity contribution in [1.82, 2.24) is 10.7 Å². The molecule has 2 aromatic rings. The van der Waals surface area contributed by atoms with E-state index >= 15 is 0 Å². The van der Waals surface area contributed by atoms with Crippen LogP contribution in [-0.2, 0) is 4.79 Å². The zero-order valence-corrected chi connectivity index (χ0v) is 16.6. The number of nitrogens with one attached hydrogen (secondary N) is 2. The molecule has 0 bridgehead atoms. The van der Waals surface area contributed by atoms with Gasteiger partial charge in [0, 0.05) is 11.1 Å². The van der Waals surface area contributed by atoms with Crippen molar-refractivity contribution in [1.29, 1.82) is 0 Å². The van der Waals surface area contributed by atoms with Gasteiger partial charge in [0.05, 0.1) is 41.2 Å². The summed E-state index contributed by atoms with van der Waals surface area (Å²) in [5.74, 6) is 1.17. The lowest BCUT2D eigenvalue weighted by atomic mass is 10.2. The van der Waals surface area contributed by atoms with E-state index < -0.39 is 5.91 Å². The maximum atomic E-state index is 12.0. The largest absolute Gasteiger partial charge is 0.497 e. The Balaban J connectivity index is 1.91. The normalized spacial score (nSPS) is 10.3. The van der Waals surface area contributed by atoms with Crippen molar-refractivity contribution >= 4 is 18.0 Å². The minimum atomic E-state index is -0.476. The highest BCUT2D eigenvalue weighted by Gasteiger charge is 2.12. The number of hydrogen-bond donors (Lipinski definition) is 2. The van der Waals surface area contributed by atoms with Crippen LogP contribution in [-0.4, -0.2) is 53.0 Å². The van der Waals surface area contributed by atoms with E-state index in [-0.39, 0.29) is 12.5 Å². The highest BCUT2D eigenvalue weighted by atomic mass is 16.5. The number of amides is 2. The van der Waals surface area contributed by atoms with Crippen molar-refractivity contribution < 1.29 is 28.5 Å². The first-order valence-corrected chi connectivity index (χ1v) is 8.56. The van der Waals surface area contributed by atoms with Crippen LogP contribution in [0.5, 0.6) is 23.0 Å². The third-order valence-corrected chi connectivity index (χ3v) is 3.85. The van der Waals surface area contributed by atoms with Crippen LogP contribution in [0.3, 0.4) is 0 Å². The molecule has 0 unspecified atom stereocenters. The minimum absolute atomic E-state index is 0.225. The van der Waals surface area contributed by atoms with E-state index in [1.165, 1.54) is 34.7 Å². The Hall–Kier alpha value is -3.75. The van der Waals surface area contributed by atoms with E-state index in [1.807, 2.05) is 0 Å². The molecule has 9 nitrogen and oxygen atoms in total. The summed E-state index contributed by atoms with van der Waals surface area (Å²) in [7, 11) is 6.06. The highest BCUT2D eigenvalue weighted by molar-refractivity contribution is 5.96. The summed E-state index contributed by atoms with van der Waals surface area (Å²) in [4.78, 5) is 23.9. The number of ether oxygens (including phenoxy) is 4. The first-order chi connectivity index (χ1) is 14.0. The molecular weight excluding hydrogens is 378 g/mol. The van der Waals surface area contributed by atoms with Gasteiger partial charge in [-0.1, -0.05) is 0 Å². The number of nitrogens with zero attached hydrogens (tertiary/aromatic N) is 1. The zero-order valence-electron chi connectivity index (χ0n) is 16.6. The summed E-state index contributed by atoms with van der Waals surface area (Å²) < 4.78 is 20.8. The first-order valence-electron chi connectivity index (χ1n) is 8.56. The molecule has 2 amide bonds. The Morgan fingerprint density at radius 1 is 0.931 bits per heavy atom. The van der Waals surface area contributed by atoms with Gasteiger partial charge in [-0.05, 0) is 36.4 Å². The standard InChI is InChI=1S/C20H23N3O6/c1-26-15-7-5-14(6-8-15)20(25)21-12-18(24)23-22-11-13-9-16(27-2)19(29-4)17(10-13)28-3/h5-11H,12H2,1-4H3,(H,21,25)(H,23,24). The predicted octanol–water partition coefficient (Wildman–Crippen LogP) is 1.60. The van der Waals surface area contributed by atoms with E-state index in [0.717, 1.165) is 0 Å². The van der Waals surface area contributed by atoms with E-state index in [0.29, 0.717) is 34.1 Å². The summed E-state index contributed by atoms with van der Waals surface area (Å²) in [6, 6.07) is 9.90. The van der Waals surface area contributed by atoms with Gasteiger partial charge in [-0.15, -0.1) is 0 Å². The number of hydrogen-bond acceptors (Lipinski definition) is 7. The van der Waals surface area contributed by atoms with Gasteiger partial charge in [-0.25, -0.2) is 5.43 Å². The SMILES string of the molecule is COc1ccc(C(=O)NCC(=O)NN=Cc2cc(OC)c(OC)c(OC)c2)cc1. The molecule has 0 aliphatic carbocycles. The third-order valence-electron chi connectivity index (χ3n) is 3.85. The van der Waals surface area contributed by atoms with Crippen molar-refractivity contribution in [3.05, 3.63) is 47.5 Å². The van der Waals surface area contributed by atoms with E-state index in [9.17, 15) is 9.59 Å². The van der Waals surface area contributed by atoms with Crippen molar-refractivity contribution in [2.45, 2.75) is 0 Å². The quantitative estimate of drug-likeness (QED) is 0.488. The fourth-order valence-electron chi connectivity index (χ4n) is 2.40. The molecule has 0 heterocycles. The molecule has 0 spiro atoms. The van der Waals surface area contributed by atoms with E-state index in [2.05, 4.69) is 15.8 Å². The fourth-order valence-corrected chi connectivity index (χ4v) is 2.40. The van der Waals surface area contributed by atoms with Gasteiger partial charge in [0.15, 0.2) is 11.5 Å². The fraction of sp³-hybridized carbons (Fsp3) is 0.250. The number of rotatable bonds is 9. The number of benzene rings is 2. The van der Waals surface area contributed by atoms with Crippen LogP contribution in [0.4, 0.5) is 0 Å². The molecular formula is C20H23N3O6. The van der Waals surface area contributed by atoms with Gasteiger partial charge in [0.2, 0.25) is 5.75 Å². The van der Waals surface area contributed by atoms with Crippen molar-refractivity contribution in [3.63, 3.8) is 0 Å². The second kappa shape index (κ2) is 10.5. The number of hydrazone groups is 1. The first kappa shape index (κ1) is 21.5. The topological polar surface area (TPSA) is 107 Å². The van der Waals surface area contributed by atoms with Crippen LogP contribution in [0, 0.1) is 0 Å². The van der Waals surface area contributed by atoms with Gasteiger partial charge in [-0.3, -0.25) is 9.59 Å². The molecule has 2 N–H and O–H groups in total. The van der Waals surface area contributed by atoms with Crippen molar-refractivity contribution in [2.24, 2.45) is 5.10 Å². The van der Waals surface area contributed by atoms with Crippen LogP contribution in [0.15, 0.2) is 41.5 Å². The van der Waals surface area contributed by atoms with Crippen molar-refractivity contribution in [2.75, 3.05) is 35.0 Å². The molecule has 0 fully saturated rings. The number of carbonyl (C=O) groups is 2. The molecule has 0 radical (unpaired) electrons. The lowest BCUT2D eigenvalue weighted by Crippen LogP contribution is -2.34. The Morgan fingerprint density at radius 3 is 2.07 bits per heavy atom. The summed E-state index contributed by atoms with van der Waals surface area (Å²) in [6.07, 6.45) is 1.42. The van der Waals surface area contributed by atoms with Crippen LogP contribution in [0.2, 0.25) is 0 Å². The van der Waals surface area contributed by atoms with E-state index in [1.54, 1.807) is 36.4 Å².